The van der Waals surface area contributed by atoms with Crippen LogP contribution in [0.15, 0.2) is 69.3 Å². The fraction of sp³-hybridized carbons (Fsp3) is 0.348. The zero-order valence-electron chi connectivity index (χ0n) is 17.2. The van der Waals surface area contributed by atoms with Crippen molar-refractivity contribution >= 4 is 27.1 Å². The summed E-state index contributed by atoms with van der Waals surface area (Å²) in [5.74, 6) is 0.276. The maximum Gasteiger partial charge on any atom is 0.287 e. The highest BCUT2D eigenvalue weighted by molar-refractivity contribution is 7.90. The van der Waals surface area contributed by atoms with E-state index in [2.05, 4.69) is 27.7 Å². The molecule has 1 fully saturated rings. The van der Waals surface area contributed by atoms with E-state index in [-0.39, 0.29) is 28.1 Å². The SMILES string of the molecule is O=C(NCC1CCN(Cc2cccs2)CC1)c1ccc(CS(=O)(=O)c2ccccc2)o1. The molecule has 1 amide bonds. The average molecular weight is 459 g/mol. The van der Waals surface area contributed by atoms with Crippen LogP contribution < -0.4 is 5.32 Å². The zero-order chi connectivity index (χ0) is 21.7. The monoisotopic (exact) mass is 458 g/mol. The highest BCUT2D eigenvalue weighted by Gasteiger charge is 2.22. The Hall–Kier alpha value is -2.42. The number of nitrogens with zero attached hydrogens (tertiary/aromatic N) is 1. The van der Waals surface area contributed by atoms with E-state index in [0.717, 1.165) is 32.5 Å². The molecule has 0 bridgehead atoms. The zero-order valence-corrected chi connectivity index (χ0v) is 18.8. The molecular weight excluding hydrogens is 432 g/mol. The summed E-state index contributed by atoms with van der Waals surface area (Å²) in [7, 11) is -3.51. The fourth-order valence-corrected chi connectivity index (χ4v) is 5.79. The van der Waals surface area contributed by atoms with E-state index in [1.165, 1.54) is 10.9 Å². The van der Waals surface area contributed by atoms with Crippen LogP contribution in [0.4, 0.5) is 0 Å². The molecule has 1 aromatic carbocycles. The molecule has 0 saturated carbocycles. The van der Waals surface area contributed by atoms with Crippen molar-refractivity contribution in [1.29, 1.82) is 0 Å². The highest BCUT2D eigenvalue weighted by Crippen LogP contribution is 2.21. The van der Waals surface area contributed by atoms with Crippen molar-refractivity contribution in [2.75, 3.05) is 19.6 Å². The Balaban J connectivity index is 1.24. The van der Waals surface area contributed by atoms with Gasteiger partial charge in [-0.2, -0.15) is 0 Å². The van der Waals surface area contributed by atoms with E-state index in [4.69, 9.17) is 4.42 Å². The molecule has 4 rings (SSSR count). The summed E-state index contributed by atoms with van der Waals surface area (Å²) in [6.07, 6.45) is 2.09. The maximum absolute atomic E-state index is 12.5. The Kier molecular flexibility index (Phi) is 6.89. The molecule has 2 aromatic heterocycles. The van der Waals surface area contributed by atoms with Gasteiger partial charge in [0.05, 0.1) is 4.90 Å². The minimum atomic E-state index is -3.51. The van der Waals surface area contributed by atoms with Gasteiger partial charge in [-0.1, -0.05) is 24.3 Å². The van der Waals surface area contributed by atoms with Crippen molar-refractivity contribution in [2.24, 2.45) is 5.92 Å². The van der Waals surface area contributed by atoms with E-state index < -0.39 is 9.84 Å². The summed E-state index contributed by atoms with van der Waals surface area (Å²) < 4.78 is 30.5. The summed E-state index contributed by atoms with van der Waals surface area (Å²) in [6, 6.07) is 15.6. The number of furan rings is 1. The van der Waals surface area contributed by atoms with Gasteiger partial charge in [0.1, 0.15) is 11.5 Å². The Morgan fingerprint density at radius 1 is 1.06 bits per heavy atom. The van der Waals surface area contributed by atoms with Gasteiger partial charge in [0, 0.05) is 18.0 Å². The van der Waals surface area contributed by atoms with E-state index >= 15 is 0 Å². The number of likely N-dealkylation sites (tertiary alicyclic amines) is 1. The summed E-state index contributed by atoms with van der Waals surface area (Å²) in [5, 5.41) is 5.04. The number of sulfone groups is 1. The molecule has 1 aliphatic heterocycles. The second kappa shape index (κ2) is 9.80. The molecular formula is C23H26N2O4S2. The summed E-state index contributed by atoms with van der Waals surface area (Å²) in [5.41, 5.74) is 0. The van der Waals surface area contributed by atoms with E-state index in [9.17, 15) is 13.2 Å². The Morgan fingerprint density at radius 3 is 2.55 bits per heavy atom. The molecule has 0 radical (unpaired) electrons. The van der Waals surface area contributed by atoms with E-state index in [1.54, 1.807) is 47.7 Å². The molecule has 1 saturated heterocycles. The number of hydrogen-bond donors (Lipinski definition) is 1. The molecule has 1 aliphatic rings. The topological polar surface area (TPSA) is 79.6 Å². The van der Waals surface area contributed by atoms with Crippen LogP contribution in [0, 0.1) is 5.92 Å². The van der Waals surface area contributed by atoms with Crippen molar-refractivity contribution in [2.45, 2.75) is 30.0 Å². The lowest BCUT2D eigenvalue weighted by Crippen LogP contribution is -2.38. The summed E-state index contributed by atoms with van der Waals surface area (Å²) >= 11 is 1.79. The lowest BCUT2D eigenvalue weighted by atomic mass is 9.96. The second-order valence-electron chi connectivity index (χ2n) is 7.85. The van der Waals surface area contributed by atoms with Gasteiger partial charge in [-0.25, -0.2) is 8.42 Å². The fourth-order valence-electron chi connectivity index (χ4n) is 3.77. The molecule has 8 heteroatoms. The lowest BCUT2D eigenvalue weighted by molar-refractivity contribution is 0.0906. The first-order valence-electron chi connectivity index (χ1n) is 10.4. The first-order valence-corrected chi connectivity index (χ1v) is 12.9. The van der Waals surface area contributed by atoms with Crippen molar-refractivity contribution in [3.63, 3.8) is 0 Å². The number of piperidine rings is 1. The Morgan fingerprint density at radius 2 is 1.84 bits per heavy atom. The number of nitrogens with one attached hydrogen (secondary N) is 1. The van der Waals surface area contributed by atoms with Gasteiger partial charge >= 0.3 is 0 Å². The van der Waals surface area contributed by atoms with Crippen LogP contribution >= 0.6 is 11.3 Å². The first-order chi connectivity index (χ1) is 15.0. The average Bonchev–Trinajstić information content (AvgIpc) is 3.46. The third-order valence-electron chi connectivity index (χ3n) is 5.54. The third-order valence-corrected chi connectivity index (χ3v) is 8.05. The Labute approximate surface area is 186 Å². The predicted octanol–water partition coefficient (Wildman–Crippen LogP) is 3.96. The van der Waals surface area contributed by atoms with Gasteiger partial charge in [-0.05, 0) is 67.6 Å². The number of amides is 1. The Bertz CT molecular complexity index is 1080. The first kappa shape index (κ1) is 21.8. The molecule has 0 atom stereocenters. The van der Waals surface area contributed by atoms with Gasteiger partial charge in [-0.15, -0.1) is 11.3 Å². The summed E-state index contributed by atoms with van der Waals surface area (Å²) in [6.45, 7) is 3.66. The number of carbonyl (C=O) groups excluding carboxylic acids is 1. The minimum Gasteiger partial charge on any atom is -0.455 e. The van der Waals surface area contributed by atoms with Crippen LogP contribution in [-0.4, -0.2) is 38.9 Å². The van der Waals surface area contributed by atoms with Crippen LogP contribution in [-0.2, 0) is 22.1 Å². The van der Waals surface area contributed by atoms with Crippen LogP contribution in [0.1, 0.15) is 34.0 Å². The standard InChI is InChI=1S/C23H26N2O4S2/c26-23(24-15-18-10-12-25(13-11-18)16-20-5-4-14-30-20)22-9-8-19(29-22)17-31(27,28)21-6-2-1-3-7-21/h1-9,14,18H,10-13,15-17H2,(H,24,26). The molecule has 0 unspecified atom stereocenters. The second-order valence-corrected chi connectivity index (χ2v) is 10.9. The number of rotatable bonds is 8. The molecule has 164 valence electrons. The largest absolute Gasteiger partial charge is 0.455 e. The van der Waals surface area contributed by atoms with Crippen LogP contribution in [0.25, 0.3) is 0 Å². The molecule has 1 N–H and O–H groups in total. The lowest BCUT2D eigenvalue weighted by Gasteiger charge is -2.31. The van der Waals surface area contributed by atoms with Gasteiger partial charge < -0.3 is 9.73 Å². The molecule has 0 spiro atoms. The minimum absolute atomic E-state index is 0.147. The van der Waals surface area contributed by atoms with Crippen molar-refractivity contribution in [3.8, 4) is 0 Å². The number of hydrogen-bond acceptors (Lipinski definition) is 6. The van der Waals surface area contributed by atoms with Gasteiger partial charge in [0.2, 0.25) is 0 Å². The van der Waals surface area contributed by atoms with Gasteiger partial charge in [0.15, 0.2) is 15.6 Å². The number of benzene rings is 1. The molecule has 0 aliphatic carbocycles. The smallest absolute Gasteiger partial charge is 0.287 e. The van der Waals surface area contributed by atoms with Crippen LogP contribution in [0.5, 0.6) is 0 Å². The molecule has 6 nitrogen and oxygen atoms in total. The van der Waals surface area contributed by atoms with Crippen molar-refractivity contribution < 1.29 is 17.6 Å². The van der Waals surface area contributed by atoms with Crippen molar-refractivity contribution in [1.82, 2.24) is 10.2 Å². The van der Waals surface area contributed by atoms with Gasteiger partial charge in [0.25, 0.3) is 5.91 Å². The van der Waals surface area contributed by atoms with Crippen molar-refractivity contribution in [3.05, 3.63) is 76.4 Å². The third kappa shape index (κ3) is 5.84. The predicted molar refractivity (Wildman–Crippen MR) is 121 cm³/mol. The molecule has 31 heavy (non-hydrogen) atoms. The molecule has 3 heterocycles. The van der Waals surface area contributed by atoms with Crippen LogP contribution in [0.2, 0.25) is 0 Å². The number of carbonyl (C=O) groups is 1. The molecule has 3 aromatic rings. The van der Waals surface area contributed by atoms with Gasteiger partial charge in [-0.3, -0.25) is 9.69 Å². The van der Waals surface area contributed by atoms with E-state index in [1.807, 2.05) is 0 Å². The quantitative estimate of drug-likeness (QED) is 0.553. The number of thiophene rings is 1. The maximum atomic E-state index is 12.5. The van der Waals surface area contributed by atoms with E-state index in [0.29, 0.717) is 12.5 Å². The highest BCUT2D eigenvalue weighted by atomic mass is 32.2. The summed E-state index contributed by atoms with van der Waals surface area (Å²) in [4.78, 5) is 16.5. The normalized spacial score (nSPS) is 15.7. The van der Waals surface area contributed by atoms with Crippen LogP contribution in [0.3, 0.4) is 0 Å².